The maximum absolute atomic E-state index is 11.3. The molecule has 1 rings (SSSR count). The summed E-state index contributed by atoms with van der Waals surface area (Å²) in [5.74, 6) is 1.33. The molecule has 94 valence electrons. The largest absolute Gasteiger partial charge is 0.496 e. The molecule has 0 aliphatic heterocycles. The van der Waals surface area contributed by atoms with E-state index < -0.39 is 0 Å². The second-order valence-corrected chi connectivity index (χ2v) is 3.27. The Morgan fingerprint density at radius 3 is 1.94 bits per heavy atom. The van der Waals surface area contributed by atoms with Crippen molar-refractivity contribution in [1.29, 1.82) is 0 Å². The summed E-state index contributed by atoms with van der Waals surface area (Å²) in [6, 6.07) is 3.38. The summed E-state index contributed by atoms with van der Waals surface area (Å²) in [6.45, 7) is 0. The van der Waals surface area contributed by atoms with Gasteiger partial charge in [-0.05, 0) is 6.07 Å². The van der Waals surface area contributed by atoms with Gasteiger partial charge in [-0.15, -0.1) is 0 Å². The molecule has 0 bridgehead atoms. The molecule has 0 amide bonds. The Morgan fingerprint density at radius 2 is 1.47 bits per heavy atom. The molecule has 0 saturated heterocycles. The molecule has 0 aliphatic rings. The molecule has 1 aromatic rings. The fraction of sp³-hybridized carbons (Fsp3) is 0.417. The van der Waals surface area contributed by atoms with E-state index in [0.29, 0.717) is 22.8 Å². The maximum Gasteiger partial charge on any atom is 0.310 e. The monoisotopic (exact) mass is 240 g/mol. The van der Waals surface area contributed by atoms with E-state index in [1.54, 1.807) is 12.1 Å². The standard InChI is InChI=1S/C12H16O5/c1-14-9-7-11(16-3)10(15-2)5-8(9)6-12(13)17-4/h5,7H,6H2,1-4H3. The van der Waals surface area contributed by atoms with Crippen LogP contribution in [0, 0.1) is 0 Å². The summed E-state index contributed by atoms with van der Waals surface area (Å²) in [6.07, 6.45) is 0.125. The number of rotatable bonds is 5. The van der Waals surface area contributed by atoms with Crippen LogP contribution >= 0.6 is 0 Å². The van der Waals surface area contributed by atoms with Crippen LogP contribution in [0.15, 0.2) is 12.1 Å². The Bertz CT molecular complexity index is 400. The van der Waals surface area contributed by atoms with Crippen LogP contribution in [0.4, 0.5) is 0 Å². The van der Waals surface area contributed by atoms with Gasteiger partial charge in [0, 0.05) is 11.6 Å². The normalized spacial score (nSPS) is 9.65. The Balaban J connectivity index is 3.14. The molecule has 0 fully saturated rings. The minimum Gasteiger partial charge on any atom is -0.496 e. The molecule has 0 heterocycles. The first kappa shape index (κ1) is 13.2. The van der Waals surface area contributed by atoms with Crippen molar-refractivity contribution in [3.63, 3.8) is 0 Å². The summed E-state index contributed by atoms with van der Waals surface area (Å²) in [4.78, 5) is 11.3. The fourth-order valence-corrected chi connectivity index (χ4v) is 1.46. The second-order valence-electron chi connectivity index (χ2n) is 3.27. The minimum atomic E-state index is -0.337. The molecular formula is C12H16O5. The van der Waals surface area contributed by atoms with Crippen molar-refractivity contribution in [3.8, 4) is 17.2 Å². The molecular weight excluding hydrogens is 224 g/mol. The van der Waals surface area contributed by atoms with Crippen LogP contribution in [0.1, 0.15) is 5.56 Å². The first-order valence-corrected chi connectivity index (χ1v) is 5.02. The van der Waals surface area contributed by atoms with E-state index in [2.05, 4.69) is 4.74 Å². The molecule has 17 heavy (non-hydrogen) atoms. The van der Waals surface area contributed by atoms with Crippen LogP contribution < -0.4 is 14.2 Å². The van der Waals surface area contributed by atoms with Gasteiger partial charge in [0.25, 0.3) is 0 Å². The molecule has 0 aromatic heterocycles. The van der Waals surface area contributed by atoms with Gasteiger partial charge in [0.05, 0.1) is 34.9 Å². The van der Waals surface area contributed by atoms with Crippen LogP contribution in [0.25, 0.3) is 0 Å². The predicted octanol–water partition coefficient (Wildman–Crippen LogP) is 1.43. The van der Waals surface area contributed by atoms with Gasteiger partial charge in [0.2, 0.25) is 0 Å². The second kappa shape index (κ2) is 5.98. The number of ether oxygens (including phenoxy) is 4. The number of esters is 1. The SMILES string of the molecule is COC(=O)Cc1cc(OC)c(OC)cc1OC. The Hall–Kier alpha value is -1.91. The van der Waals surface area contributed by atoms with E-state index >= 15 is 0 Å². The van der Waals surface area contributed by atoms with Gasteiger partial charge < -0.3 is 18.9 Å². The Morgan fingerprint density at radius 1 is 0.941 bits per heavy atom. The molecule has 5 nitrogen and oxygen atoms in total. The van der Waals surface area contributed by atoms with Gasteiger partial charge in [0.15, 0.2) is 11.5 Å². The quantitative estimate of drug-likeness (QED) is 0.729. The Kier molecular flexibility index (Phi) is 4.63. The number of hydrogen-bond donors (Lipinski definition) is 0. The van der Waals surface area contributed by atoms with Gasteiger partial charge >= 0.3 is 5.97 Å². The maximum atomic E-state index is 11.3. The highest BCUT2D eigenvalue weighted by Gasteiger charge is 2.14. The lowest BCUT2D eigenvalue weighted by Gasteiger charge is -2.13. The summed E-state index contributed by atoms with van der Waals surface area (Å²) >= 11 is 0. The topological polar surface area (TPSA) is 54.0 Å². The number of hydrogen-bond acceptors (Lipinski definition) is 5. The molecule has 0 saturated carbocycles. The molecule has 0 radical (unpaired) electrons. The van der Waals surface area contributed by atoms with Crippen molar-refractivity contribution in [1.82, 2.24) is 0 Å². The molecule has 0 atom stereocenters. The van der Waals surface area contributed by atoms with Crippen molar-refractivity contribution < 1.29 is 23.7 Å². The van der Waals surface area contributed by atoms with E-state index in [4.69, 9.17) is 14.2 Å². The zero-order valence-corrected chi connectivity index (χ0v) is 10.4. The van der Waals surface area contributed by atoms with Crippen LogP contribution in [-0.2, 0) is 16.0 Å². The van der Waals surface area contributed by atoms with Crippen molar-refractivity contribution >= 4 is 5.97 Å². The van der Waals surface area contributed by atoms with Crippen LogP contribution in [0.3, 0.4) is 0 Å². The Labute approximate surface area is 100 Å². The molecule has 0 aliphatic carbocycles. The van der Waals surface area contributed by atoms with Gasteiger partial charge in [-0.2, -0.15) is 0 Å². The van der Waals surface area contributed by atoms with E-state index in [1.165, 1.54) is 28.4 Å². The highest BCUT2D eigenvalue weighted by atomic mass is 16.5. The third-order valence-electron chi connectivity index (χ3n) is 2.35. The van der Waals surface area contributed by atoms with Gasteiger partial charge in [-0.25, -0.2) is 0 Å². The summed E-state index contributed by atoms with van der Waals surface area (Å²) in [5.41, 5.74) is 0.692. The van der Waals surface area contributed by atoms with E-state index in [1.807, 2.05) is 0 Å². The number of methoxy groups -OCH3 is 4. The minimum absolute atomic E-state index is 0.125. The first-order valence-electron chi connectivity index (χ1n) is 5.02. The smallest absolute Gasteiger partial charge is 0.310 e. The van der Waals surface area contributed by atoms with Gasteiger partial charge in [-0.1, -0.05) is 0 Å². The summed E-state index contributed by atoms with van der Waals surface area (Å²) in [7, 11) is 5.95. The van der Waals surface area contributed by atoms with E-state index in [0.717, 1.165) is 0 Å². The van der Waals surface area contributed by atoms with E-state index in [-0.39, 0.29) is 12.4 Å². The van der Waals surface area contributed by atoms with E-state index in [9.17, 15) is 4.79 Å². The van der Waals surface area contributed by atoms with Crippen LogP contribution in [0.5, 0.6) is 17.2 Å². The molecule has 0 spiro atoms. The van der Waals surface area contributed by atoms with Crippen molar-refractivity contribution in [2.24, 2.45) is 0 Å². The lowest BCUT2D eigenvalue weighted by Crippen LogP contribution is -2.06. The first-order chi connectivity index (χ1) is 8.15. The van der Waals surface area contributed by atoms with Crippen LogP contribution in [0.2, 0.25) is 0 Å². The molecule has 0 unspecified atom stereocenters. The third kappa shape index (κ3) is 3.03. The predicted molar refractivity (Wildman–Crippen MR) is 61.8 cm³/mol. The number of benzene rings is 1. The summed E-state index contributed by atoms with van der Waals surface area (Å²) < 4.78 is 20.1. The van der Waals surface area contributed by atoms with Gasteiger partial charge in [-0.3, -0.25) is 4.79 Å². The molecule has 0 N–H and O–H groups in total. The highest BCUT2D eigenvalue weighted by Crippen LogP contribution is 2.34. The lowest BCUT2D eigenvalue weighted by atomic mass is 10.1. The zero-order chi connectivity index (χ0) is 12.8. The van der Waals surface area contributed by atoms with Gasteiger partial charge in [0.1, 0.15) is 5.75 Å². The zero-order valence-electron chi connectivity index (χ0n) is 10.4. The van der Waals surface area contributed by atoms with Crippen molar-refractivity contribution in [3.05, 3.63) is 17.7 Å². The average Bonchev–Trinajstić information content (AvgIpc) is 2.37. The van der Waals surface area contributed by atoms with Crippen molar-refractivity contribution in [2.45, 2.75) is 6.42 Å². The van der Waals surface area contributed by atoms with Crippen molar-refractivity contribution in [2.75, 3.05) is 28.4 Å². The fourth-order valence-electron chi connectivity index (χ4n) is 1.46. The lowest BCUT2D eigenvalue weighted by molar-refractivity contribution is -0.139. The number of carbonyl (C=O) groups is 1. The average molecular weight is 240 g/mol. The van der Waals surface area contributed by atoms with Crippen LogP contribution in [-0.4, -0.2) is 34.4 Å². The molecule has 5 heteroatoms. The molecule has 1 aromatic carbocycles. The summed E-state index contributed by atoms with van der Waals surface area (Å²) in [5, 5.41) is 0. The third-order valence-corrected chi connectivity index (χ3v) is 2.35. The highest BCUT2D eigenvalue weighted by molar-refractivity contribution is 5.74. The number of carbonyl (C=O) groups excluding carboxylic acids is 1.